The lowest BCUT2D eigenvalue weighted by atomic mass is 9.78. The van der Waals surface area contributed by atoms with Crippen molar-refractivity contribution in [3.63, 3.8) is 0 Å². The van der Waals surface area contributed by atoms with Gasteiger partial charge in [0.1, 0.15) is 11.7 Å². The summed E-state index contributed by atoms with van der Waals surface area (Å²) < 4.78 is 0.449. The van der Waals surface area contributed by atoms with Crippen LogP contribution < -0.4 is 10.2 Å². The number of fused-ring (bicyclic) bond motifs is 5. The molecule has 138 valence electrons. The van der Waals surface area contributed by atoms with Gasteiger partial charge in [0.2, 0.25) is 5.91 Å². The second kappa shape index (κ2) is 6.68. The van der Waals surface area contributed by atoms with E-state index in [1.807, 2.05) is 4.90 Å². The number of hydrogen-bond acceptors (Lipinski definition) is 4. The standard InChI is InChI=1S/C19H22BrN3O3/c1-2-8-21-19(24)18-16-12-7-6-11(9-12)13(16)10-22(18)15-5-3-4-14(20)17(15)23(25)26/h2-5,11-13,16,18H,1,6-10H2,(H,21,24)/t11-,12+,13-,16+,18+/m1/s1. The smallest absolute Gasteiger partial charge is 0.306 e. The lowest BCUT2D eigenvalue weighted by Gasteiger charge is -2.31. The number of carbonyl (C=O) groups excluding carboxylic acids is 1. The van der Waals surface area contributed by atoms with E-state index in [0.29, 0.717) is 34.5 Å². The Morgan fingerprint density at radius 1 is 1.42 bits per heavy atom. The van der Waals surface area contributed by atoms with Crippen LogP contribution in [0, 0.1) is 33.8 Å². The molecule has 1 saturated heterocycles. The molecule has 3 aliphatic rings. The normalized spacial score (nSPS) is 31.7. The first-order chi connectivity index (χ1) is 12.5. The summed E-state index contributed by atoms with van der Waals surface area (Å²) in [6, 6.07) is 4.89. The molecule has 4 rings (SSSR count). The lowest BCUT2D eigenvalue weighted by molar-refractivity contribution is -0.384. The first-order valence-electron chi connectivity index (χ1n) is 9.11. The number of hydrogen-bond donors (Lipinski definition) is 1. The average Bonchev–Trinajstić information content (AvgIpc) is 3.30. The maximum absolute atomic E-state index is 13.0. The number of para-hydroxylation sites is 1. The van der Waals surface area contributed by atoms with Gasteiger partial charge in [0.25, 0.3) is 0 Å². The summed E-state index contributed by atoms with van der Waals surface area (Å²) >= 11 is 3.31. The van der Waals surface area contributed by atoms with Crippen molar-refractivity contribution in [2.45, 2.75) is 25.3 Å². The summed E-state index contributed by atoms with van der Waals surface area (Å²) in [6.07, 6.45) is 5.26. The quantitative estimate of drug-likeness (QED) is 0.450. The SMILES string of the molecule is C=CCNC(=O)[C@@H]1[C@H]2[C@H]3CC[C@H](C3)[C@H]2CN1c1cccc(Br)c1[N+](=O)[O-]. The van der Waals surface area contributed by atoms with Crippen molar-refractivity contribution in [3.8, 4) is 0 Å². The molecular formula is C19H22BrN3O3. The minimum atomic E-state index is -0.360. The zero-order valence-electron chi connectivity index (χ0n) is 14.4. The number of benzene rings is 1. The van der Waals surface area contributed by atoms with E-state index in [9.17, 15) is 14.9 Å². The fraction of sp³-hybridized carbons (Fsp3) is 0.526. The van der Waals surface area contributed by atoms with Gasteiger partial charge in [-0.3, -0.25) is 14.9 Å². The third kappa shape index (κ3) is 2.64. The number of nitrogens with zero attached hydrogens (tertiary/aromatic N) is 2. The van der Waals surface area contributed by atoms with Crippen LogP contribution in [-0.2, 0) is 4.79 Å². The number of rotatable bonds is 5. The average molecular weight is 420 g/mol. The van der Waals surface area contributed by atoms with Crippen molar-refractivity contribution in [3.05, 3.63) is 45.4 Å². The maximum atomic E-state index is 13.0. The van der Waals surface area contributed by atoms with Crippen LogP contribution >= 0.6 is 15.9 Å². The molecule has 1 aromatic rings. The summed E-state index contributed by atoms with van der Waals surface area (Å²) in [5.74, 6) is 1.90. The molecule has 1 aliphatic heterocycles. The summed E-state index contributed by atoms with van der Waals surface area (Å²) in [5.41, 5.74) is 0.582. The first-order valence-corrected chi connectivity index (χ1v) is 9.90. The molecule has 1 N–H and O–H groups in total. The first kappa shape index (κ1) is 17.5. The van der Waals surface area contributed by atoms with Crippen molar-refractivity contribution < 1.29 is 9.72 Å². The van der Waals surface area contributed by atoms with Crippen LogP contribution in [0.4, 0.5) is 11.4 Å². The van der Waals surface area contributed by atoms with Crippen LogP contribution in [0.25, 0.3) is 0 Å². The second-order valence-corrected chi connectivity index (χ2v) is 8.42. The fourth-order valence-electron chi connectivity index (χ4n) is 5.52. The Hall–Kier alpha value is -1.89. The molecule has 2 bridgehead atoms. The van der Waals surface area contributed by atoms with E-state index in [0.717, 1.165) is 6.54 Å². The molecular weight excluding hydrogens is 398 g/mol. The molecule has 1 aromatic carbocycles. The van der Waals surface area contributed by atoms with Gasteiger partial charge in [-0.15, -0.1) is 6.58 Å². The summed E-state index contributed by atoms with van der Waals surface area (Å²) in [7, 11) is 0. The topological polar surface area (TPSA) is 75.5 Å². The van der Waals surface area contributed by atoms with Crippen molar-refractivity contribution in [1.29, 1.82) is 0 Å². The van der Waals surface area contributed by atoms with E-state index in [1.165, 1.54) is 19.3 Å². The van der Waals surface area contributed by atoms with E-state index >= 15 is 0 Å². The van der Waals surface area contributed by atoms with Crippen LogP contribution in [-0.4, -0.2) is 30.0 Å². The molecule has 0 spiro atoms. The van der Waals surface area contributed by atoms with E-state index in [4.69, 9.17) is 0 Å². The molecule has 0 unspecified atom stereocenters. The van der Waals surface area contributed by atoms with Crippen LogP contribution in [0.1, 0.15) is 19.3 Å². The number of amides is 1. The molecule has 0 aromatic heterocycles. The monoisotopic (exact) mass is 419 g/mol. The maximum Gasteiger partial charge on any atom is 0.306 e. The number of anilines is 1. The van der Waals surface area contributed by atoms with E-state index in [-0.39, 0.29) is 28.5 Å². The summed E-state index contributed by atoms with van der Waals surface area (Å²) in [5, 5.41) is 14.6. The Labute approximate surface area is 160 Å². The van der Waals surface area contributed by atoms with Gasteiger partial charge in [-0.25, -0.2) is 0 Å². The lowest BCUT2D eigenvalue weighted by Crippen LogP contribution is -2.48. The highest BCUT2D eigenvalue weighted by Gasteiger charge is 2.58. The van der Waals surface area contributed by atoms with Crippen LogP contribution in [0.5, 0.6) is 0 Å². The Morgan fingerprint density at radius 3 is 2.92 bits per heavy atom. The number of carbonyl (C=O) groups is 1. The van der Waals surface area contributed by atoms with Crippen molar-refractivity contribution in [2.24, 2.45) is 23.7 Å². The number of nitrogens with one attached hydrogen (secondary N) is 1. The second-order valence-electron chi connectivity index (χ2n) is 7.57. The van der Waals surface area contributed by atoms with Crippen LogP contribution in [0.3, 0.4) is 0 Å². The number of nitro benzene ring substituents is 1. The minimum Gasteiger partial charge on any atom is -0.353 e. The molecule has 26 heavy (non-hydrogen) atoms. The Morgan fingerprint density at radius 2 is 2.19 bits per heavy atom. The molecule has 2 aliphatic carbocycles. The molecule has 6 nitrogen and oxygen atoms in total. The van der Waals surface area contributed by atoms with Crippen LogP contribution in [0.15, 0.2) is 35.3 Å². The Kier molecular flexibility index (Phi) is 4.50. The third-order valence-corrected chi connectivity index (χ3v) is 7.05. The van der Waals surface area contributed by atoms with Gasteiger partial charge in [0, 0.05) is 13.1 Å². The zero-order valence-corrected chi connectivity index (χ0v) is 16.0. The number of nitro groups is 1. The van der Waals surface area contributed by atoms with Gasteiger partial charge in [0.15, 0.2) is 0 Å². The summed E-state index contributed by atoms with van der Waals surface area (Å²) in [4.78, 5) is 26.3. The fourth-order valence-corrected chi connectivity index (χ4v) is 6.03. The van der Waals surface area contributed by atoms with E-state index in [1.54, 1.807) is 24.3 Å². The van der Waals surface area contributed by atoms with Crippen molar-refractivity contribution >= 4 is 33.2 Å². The van der Waals surface area contributed by atoms with Gasteiger partial charge in [-0.1, -0.05) is 12.1 Å². The minimum absolute atomic E-state index is 0.0424. The van der Waals surface area contributed by atoms with Crippen molar-refractivity contribution in [2.75, 3.05) is 18.0 Å². The van der Waals surface area contributed by atoms with Gasteiger partial charge in [-0.05, 0) is 71.0 Å². The van der Waals surface area contributed by atoms with Crippen LogP contribution in [0.2, 0.25) is 0 Å². The molecule has 7 heteroatoms. The highest BCUT2D eigenvalue weighted by molar-refractivity contribution is 9.10. The van der Waals surface area contributed by atoms with Gasteiger partial charge < -0.3 is 10.2 Å². The Bertz CT molecular complexity index is 768. The zero-order chi connectivity index (χ0) is 18.4. The van der Waals surface area contributed by atoms with Crippen molar-refractivity contribution in [1.82, 2.24) is 5.32 Å². The highest BCUT2D eigenvalue weighted by Crippen LogP contribution is 2.58. The largest absolute Gasteiger partial charge is 0.353 e. The predicted molar refractivity (Wildman–Crippen MR) is 103 cm³/mol. The van der Waals surface area contributed by atoms with Gasteiger partial charge in [0.05, 0.1) is 9.40 Å². The number of halogens is 1. The van der Waals surface area contributed by atoms with E-state index < -0.39 is 0 Å². The predicted octanol–water partition coefficient (Wildman–Crippen LogP) is 3.51. The highest BCUT2D eigenvalue weighted by atomic mass is 79.9. The summed E-state index contributed by atoms with van der Waals surface area (Å²) in [6.45, 7) is 4.80. The molecule has 5 atom stereocenters. The van der Waals surface area contributed by atoms with Gasteiger partial charge in [-0.2, -0.15) is 0 Å². The Balaban J connectivity index is 1.75. The molecule has 1 amide bonds. The molecule has 1 heterocycles. The van der Waals surface area contributed by atoms with Gasteiger partial charge >= 0.3 is 5.69 Å². The third-order valence-electron chi connectivity index (χ3n) is 6.41. The molecule has 2 saturated carbocycles. The van der Waals surface area contributed by atoms with E-state index in [2.05, 4.69) is 27.8 Å². The molecule has 0 radical (unpaired) electrons. The molecule has 3 fully saturated rings.